The summed E-state index contributed by atoms with van der Waals surface area (Å²) >= 11 is 5.83. The van der Waals surface area contributed by atoms with E-state index in [-0.39, 0.29) is 0 Å². The van der Waals surface area contributed by atoms with Crippen molar-refractivity contribution in [3.63, 3.8) is 0 Å². The number of rotatable bonds is 1. The summed E-state index contributed by atoms with van der Waals surface area (Å²) in [6.45, 7) is 0. The van der Waals surface area contributed by atoms with Crippen molar-refractivity contribution in [3.05, 3.63) is 22.8 Å². The number of halogens is 1. The second-order valence-electron chi connectivity index (χ2n) is 2.51. The molecule has 0 N–H and O–H groups in total. The van der Waals surface area contributed by atoms with E-state index in [1.165, 1.54) is 0 Å². The third-order valence-corrected chi connectivity index (χ3v) is 1.66. The van der Waals surface area contributed by atoms with Crippen molar-refractivity contribution in [2.45, 2.75) is 0 Å². The molecule has 12 heavy (non-hydrogen) atoms. The minimum Gasteiger partial charge on any atom is -0.361 e. The maximum Gasteiger partial charge on any atom is 0.148 e. The molecule has 0 saturated heterocycles. The maximum absolute atomic E-state index is 8.56. The smallest absolute Gasteiger partial charge is 0.148 e. The van der Waals surface area contributed by atoms with E-state index in [0.29, 0.717) is 16.5 Å². The first-order chi connectivity index (χ1) is 5.65. The normalized spacial score (nSPS) is 9.17. The zero-order chi connectivity index (χ0) is 9.14. The van der Waals surface area contributed by atoms with E-state index in [0.717, 1.165) is 0 Å². The van der Waals surface area contributed by atoms with E-state index in [2.05, 4.69) is 4.98 Å². The van der Waals surface area contributed by atoms with E-state index < -0.39 is 0 Å². The molecular weight excluding hydrogens is 174 g/mol. The summed E-state index contributed by atoms with van der Waals surface area (Å²) in [4.78, 5) is 5.79. The second kappa shape index (κ2) is 3.42. The van der Waals surface area contributed by atoms with Crippen LogP contribution >= 0.6 is 11.6 Å². The van der Waals surface area contributed by atoms with Crippen LogP contribution in [0.4, 0.5) is 5.82 Å². The highest BCUT2D eigenvalue weighted by molar-refractivity contribution is 6.32. The quantitative estimate of drug-likeness (QED) is 0.662. The molecule has 0 bridgehead atoms. The second-order valence-corrected chi connectivity index (χ2v) is 2.92. The third-order valence-electron chi connectivity index (χ3n) is 1.37. The number of aromatic nitrogens is 1. The van der Waals surface area contributed by atoms with Crippen molar-refractivity contribution < 1.29 is 0 Å². The van der Waals surface area contributed by atoms with Gasteiger partial charge in [-0.05, 0) is 12.1 Å². The summed E-state index contributed by atoms with van der Waals surface area (Å²) in [6, 6.07) is 5.21. The summed E-state index contributed by atoms with van der Waals surface area (Å²) in [6.07, 6.45) is 0. The van der Waals surface area contributed by atoms with Crippen LogP contribution in [0.1, 0.15) is 5.69 Å². The largest absolute Gasteiger partial charge is 0.361 e. The molecule has 0 radical (unpaired) electrons. The monoisotopic (exact) mass is 181 g/mol. The highest BCUT2D eigenvalue weighted by Crippen LogP contribution is 2.21. The lowest BCUT2D eigenvalue weighted by Gasteiger charge is -2.12. The summed E-state index contributed by atoms with van der Waals surface area (Å²) in [5.41, 5.74) is 0.378. The predicted octanol–water partition coefficient (Wildman–Crippen LogP) is 1.67. The van der Waals surface area contributed by atoms with E-state index in [4.69, 9.17) is 16.9 Å². The van der Waals surface area contributed by atoms with E-state index in [1.54, 1.807) is 17.0 Å². The Balaban J connectivity index is 3.19. The van der Waals surface area contributed by atoms with Crippen molar-refractivity contribution in [1.29, 1.82) is 5.26 Å². The van der Waals surface area contributed by atoms with Gasteiger partial charge in [0.25, 0.3) is 0 Å². The number of nitriles is 1. The Kier molecular flexibility index (Phi) is 2.51. The molecule has 0 fully saturated rings. The van der Waals surface area contributed by atoms with E-state index in [9.17, 15) is 0 Å². The predicted molar refractivity (Wildman–Crippen MR) is 48.3 cm³/mol. The Morgan fingerprint density at radius 1 is 1.50 bits per heavy atom. The van der Waals surface area contributed by atoms with Crippen LogP contribution in [0.3, 0.4) is 0 Å². The van der Waals surface area contributed by atoms with Crippen molar-refractivity contribution in [3.8, 4) is 6.07 Å². The number of pyridine rings is 1. The molecule has 0 aliphatic rings. The lowest BCUT2D eigenvalue weighted by atomic mass is 10.3. The Morgan fingerprint density at radius 2 is 2.17 bits per heavy atom. The molecule has 1 rings (SSSR count). The Bertz CT molecular complexity index is 328. The first kappa shape index (κ1) is 8.82. The van der Waals surface area contributed by atoms with Gasteiger partial charge in [0, 0.05) is 14.1 Å². The number of nitrogens with zero attached hydrogens (tertiary/aromatic N) is 3. The van der Waals surface area contributed by atoms with E-state index in [1.807, 2.05) is 20.2 Å². The van der Waals surface area contributed by atoms with Gasteiger partial charge in [-0.3, -0.25) is 0 Å². The third kappa shape index (κ3) is 1.66. The molecule has 0 aliphatic carbocycles. The average molecular weight is 182 g/mol. The highest BCUT2D eigenvalue weighted by atomic mass is 35.5. The molecule has 0 aromatic carbocycles. The molecule has 0 amide bonds. The Hall–Kier alpha value is -1.27. The molecule has 0 saturated carbocycles. The van der Waals surface area contributed by atoms with Crippen LogP contribution in [0.2, 0.25) is 5.02 Å². The van der Waals surface area contributed by atoms with Crippen LogP contribution in [0.15, 0.2) is 12.1 Å². The number of hydrogen-bond donors (Lipinski definition) is 0. The van der Waals surface area contributed by atoms with Gasteiger partial charge in [-0.15, -0.1) is 0 Å². The van der Waals surface area contributed by atoms with Crippen LogP contribution in [0, 0.1) is 11.3 Å². The number of hydrogen-bond acceptors (Lipinski definition) is 3. The van der Waals surface area contributed by atoms with Gasteiger partial charge in [-0.2, -0.15) is 5.26 Å². The first-order valence-corrected chi connectivity index (χ1v) is 3.77. The van der Waals surface area contributed by atoms with Crippen LogP contribution in [0.25, 0.3) is 0 Å². The van der Waals surface area contributed by atoms with Crippen LogP contribution < -0.4 is 4.90 Å². The molecule has 0 aliphatic heterocycles. The molecule has 0 atom stereocenters. The molecule has 0 spiro atoms. The standard InChI is InChI=1S/C8H8ClN3/c1-12(2)8-7(9)4-3-6(5-10)11-8/h3-4H,1-2H3. The summed E-state index contributed by atoms with van der Waals surface area (Å²) < 4.78 is 0. The van der Waals surface area contributed by atoms with Gasteiger partial charge in [0.05, 0.1) is 5.02 Å². The summed E-state index contributed by atoms with van der Waals surface area (Å²) in [5.74, 6) is 0.621. The minimum atomic E-state index is 0.378. The average Bonchev–Trinajstić information content (AvgIpc) is 2.05. The Labute approximate surface area is 76.2 Å². The lowest BCUT2D eigenvalue weighted by Crippen LogP contribution is -2.11. The van der Waals surface area contributed by atoms with Gasteiger partial charge in [0.1, 0.15) is 17.6 Å². The molecule has 1 aromatic heterocycles. The van der Waals surface area contributed by atoms with Gasteiger partial charge < -0.3 is 4.90 Å². The SMILES string of the molecule is CN(C)c1nc(C#N)ccc1Cl. The Morgan fingerprint density at radius 3 is 2.67 bits per heavy atom. The van der Waals surface area contributed by atoms with Crippen LogP contribution in [-0.2, 0) is 0 Å². The minimum absolute atomic E-state index is 0.378. The molecular formula is C8H8ClN3. The number of anilines is 1. The molecule has 1 aromatic rings. The molecule has 3 nitrogen and oxygen atoms in total. The fourth-order valence-corrected chi connectivity index (χ4v) is 1.08. The molecule has 0 unspecified atom stereocenters. The molecule has 62 valence electrons. The van der Waals surface area contributed by atoms with Crippen molar-refractivity contribution in [2.75, 3.05) is 19.0 Å². The van der Waals surface area contributed by atoms with Crippen LogP contribution in [0.5, 0.6) is 0 Å². The fourth-order valence-electron chi connectivity index (χ4n) is 0.807. The van der Waals surface area contributed by atoms with Crippen molar-refractivity contribution >= 4 is 17.4 Å². The van der Waals surface area contributed by atoms with Crippen LogP contribution in [-0.4, -0.2) is 19.1 Å². The summed E-state index contributed by atoms with van der Waals surface area (Å²) in [7, 11) is 3.66. The summed E-state index contributed by atoms with van der Waals surface area (Å²) in [5, 5.41) is 9.12. The van der Waals surface area contributed by atoms with Gasteiger partial charge >= 0.3 is 0 Å². The van der Waals surface area contributed by atoms with Gasteiger partial charge in [-0.25, -0.2) is 4.98 Å². The molecule has 1 heterocycles. The highest BCUT2D eigenvalue weighted by Gasteiger charge is 2.04. The van der Waals surface area contributed by atoms with Gasteiger partial charge in [0.15, 0.2) is 0 Å². The lowest BCUT2D eigenvalue weighted by molar-refractivity contribution is 1.06. The zero-order valence-electron chi connectivity index (χ0n) is 6.87. The first-order valence-electron chi connectivity index (χ1n) is 3.39. The van der Waals surface area contributed by atoms with Gasteiger partial charge in [-0.1, -0.05) is 11.6 Å². The van der Waals surface area contributed by atoms with E-state index >= 15 is 0 Å². The van der Waals surface area contributed by atoms with Crippen molar-refractivity contribution in [1.82, 2.24) is 4.98 Å². The van der Waals surface area contributed by atoms with Crippen molar-refractivity contribution in [2.24, 2.45) is 0 Å². The fraction of sp³-hybridized carbons (Fsp3) is 0.250. The van der Waals surface area contributed by atoms with Gasteiger partial charge in [0.2, 0.25) is 0 Å². The zero-order valence-corrected chi connectivity index (χ0v) is 7.63. The topological polar surface area (TPSA) is 39.9 Å². The maximum atomic E-state index is 8.56. The molecule has 4 heteroatoms.